The van der Waals surface area contributed by atoms with Crippen molar-refractivity contribution in [2.45, 2.75) is 4.90 Å². The number of hydrogen-bond acceptors (Lipinski definition) is 6. The van der Waals surface area contributed by atoms with Crippen LogP contribution in [-0.2, 0) is 19.4 Å². The van der Waals surface area contributed by atoms with Crippen molar-refractivity contribution in [2.75, 3.05) is 18.2 Å². The molecule has 0 fully saturated rings. The van der Waals surface area contributed by atoms with Crippen molar-refractivity contribution < 1.29 is 22.7 Å². The van der Waals surface area contributed by atoms with Gasteiger partial charge in [0.15, 0.2) is 16.4 Å². The Kier molecular flexibility index (Phi) is 5.52. The van der Waals surface area contributed by atoms with Gasteiger partial charge in [0, 0.05) is 11.9 Å². The van der Waals surface area contributed by atoms with E-state index in [1.165, 1.54) is 30.3 Å². The molecule has 0 aliphatic heterocycles. The Hall–Kier alpha value is -3.18. The number of anilines is 1. The molecule has 0 heterocycles. The summed E-state index contributed by atoms with van der Waals surface area (Å²) >= 11 is 0. The fourth-order valence-electron chi connectivity index (χ4n) is 1.93. The minimum Gasteiger partial charge on any atom is -0.452 e. The summed E-state index contributed by atoms with van der Waals surface area (Å²) in [6.07, 6.45) is 1.03. The third kappa shape index (κ3) is 5.16. The molecule has 7 nitrogen and oxygen atoms in total. The van der Waals surface area contributed by atoms with E-state index in [0.717, 1.165) is 6.26 Å². The highest BCUT2D eigenvalue weighted by Crippen LogP contribution is 2.13. The van der Waals surface area contributed by atoms with Gasteiger partial charge in [-0.3, -0.25) is 4.79 Å². The molecule has 2 aromatic carbocycles. The number of sulfone groups is 1. The first-order valence-electron chi connectivity index (χ1n) is 7.07. The van der Waals surface area contributed by atoms with Crippen molar-refractivity contribution in [2.24, 2.45) is 0 Å². The van der Waals surface area contributed by atoms with E-state index in [9.17, 15) is 18.0 Å². The van der Waals surface area contributed by atoms with Gasteiger partial charge in [0.05, 0.1) is 22.1 Å². The Morgan fingerprint density at radius 3 is 2.56 bits per heavy atom. The molecule has 128 valence electrons. The number of ether oxygens (including phenoxy) is 1. The molecule has 0 bridgehead atoms. The summed E-state index contributed by atoms with van der Waals surface area (Å²) in [6.45, 7) is -0.543. The lowest BCUT2D eigenvalue weighted by Crippen LogP contribution is -2.21. The number of carbonyl (C=O) groups excluding carboxylic acids is 2. The van der Waals surface area contributed by atoms with Crippen LogP contribution in [0.1, 0.15) is 15.9 Å². The number of carbonyl (C=O) groups is 2. The molecule has 0 aliphatic rings. The van der Waals surface area contributed by atoms with Crippen molar-refractivity contribution in [1.29, 1.82) is 5.26 Å². The molecule has 0 saturated carbocycles. The number of nitriles is 1. The molecule has 1 amide bonds. The third-order valence-electron chi connectivity index (χ3n) is 3.11. The van der Waals surface area contributed by atoms with Gasteiger partial charge in [0.1, 0.15) is 0 Å². The smallest absolute Gasteiger partial charge is 0.338 e. The van der Waals surface area contributed by atoms with E-state index in [0.29, 0.717) is 11.3 Å². The summed E-state index contributed by atoms with van der Waals surface area (Å²) in [5, 5.41) is 11.3. The number of amides is 1. The van der Waals surface area contributed by atoms with E-state index >= 15 is 0 Å². The SMILES string of the molecule is CS(=O)(=O)c1cccc(C(=O)OCC(=O)Nc2cccc(C#N)c2)c1. The summed E-state index contributed by atoms with van der Waals surface area (Å²) in [5.41, 5.74) is 0.814. The van der Waals surface area contributed by atoms with Crippen LogP contribution in [0.3, 0.4) is 0 Å². The lowest BCUT2D eigenvalue weighted by molar-refractivity contribution is -0.119. The highest BCUT2D eigenvalue weighted by molar-refractivity contribution is 7.90. The zero-order chi connectivity index (χ0) is 18.4. The highest BCUT2D eigenvalue weighted by atomic mass is 32.2. The summed E-state index contributed by atoms with van der Waals surface area (Å²) in [6, 6.07) is 13.6. The van der Waals surface area contributed by atoms with Gasteiger partial charge in [0.25, 0.3) is 5.91 Å². The number of nitrogens with one attached hydrogen (secondary N) is 1. The Morgan fingerprint density at radius 1 is 1.16 bits per heavy atom. The monoisotopic (exact) mass is 358 g/mol. The first kappa shape index (κ1) is 18.2. The van der Waals surface area contributed by atoms with Crippen LogP contribution in [0.15, 0.2) is 53.4 Å². The van der Waals surface area contributed by atoms with E-state index in [1.54, 1.807) is 18.2 Å². The number of rotatable bonds is 5. The van der Waals surface area contributed by atoms with Gasteiger partial charge >= 0.3 is 5.97 Å². The second-order valence-electron chi connectivity index (χ2n) is 5.12. The van der Waals surface area contributed by atoms with Crippen LogP contribution in [-0.4, -0.2) is 33.2 Å². The van der Waals surface area contributed by atoms with Gasteiger partial charge in [0.2, 0.25) is 0 Å². The second-order valence-corrected chi connectivity index (χ2v) is 7.13. The minimum absolute atomic E-state index is 0.0141. The van der Waals surface area contributed by atoms with Crippen LogP contribution in [0.25, 0.3) is 0 Å². The number of nitrogens with zero attached hydrogens (tertiary/aromatic N) is 1. The van der Waals surface area contributed by atoms with Gasteiger partial charge in [-0.2, -0.15) is 5.26 Å². The Labute approximate surface area is 144 Å². The highest BCUT2D eigenvalue weighted by Gasteiger charge is 2.14. The number of benzene rings is 2. The number of esters is 1. The topological polar surface area (TPSA) is 113 Å². The average Bonchev–Trinajstić information content (AvgIpc) is 2.59. The molecule has 0 unspecified atom stereocenters. The van der Waals surface area contributed by atoms with Gasteiger partial charge in [-0.05, 0) is 36.4 Å². The zero-order valence-electron chi connectivity index (χ0n) is 13.2. The summed E-state index contributed by atoms with van der Waals surface area (Å²) in [7, 11) is -3.45. The van der Waals surface area contributed by atoms with Crippen LogP contribution in [0.2, 0.25) is 0 Å². The van der Waals surface area contributed by atoms with Crippen molar-refractivity contribution in [3.63, 3.8) is 0 Å². The van der Waals surface area contributed by atoms with Crippen molar-refractivity contribution >= 4 is 27.4 Å². The maximum atomic E-state index is 11.9. The molecule has 2 aromatic rings. The lowest BCUT2D eigenvalue weighted by atomic mass is 10.2. The average molecular weight is 358 g/mol. The fraction of sp³-hybridized carbons (Fsp3) is 0.118. The molecule has 1 N–H and O–H groups in total. The first-order chi connectivity index (χ1) is 11.8. The predicted molar refractivity (Wildman–Crippen MR) is 89.6 cm³/mol. The maximum Gasteiger partial charge on any atom is 0.338 e. The van der Waals surface area contributed by atoms with E-state index in [4.69, 9.17) is 10.00 Å². The van der Waals surface area contributed by atoms with Crippen molar-refractivity contribution in [3.8, 4) is 6.07 Å². The normalized spacial score (nSPS) is 10.6. The van der Waals surface area contributed by atoms with Crippen molar-refractivity contribution in [3.05, 3.63) is 59.7 Å². The number of hydrogen-bond donors (Lipinski definition) is 1. The Bertz CT molecular complexity index is 961. The quantitative estimate of drug-likeness (QED) is 0.815. The van der Waals surface area contributed by atoms with E-state index in [2.05, 4.69) is 5.32 Å². The molecule has 0 atom stereocenters. The molecule has 25 heavy (non-hydrogen) atoms. The largest absolute Gasteiger partial charge is 0.452 e. The van der Waals surface area contributed by atoms with Crippen LogP contribution in [0.4, 0.5) is 5.69 Å². The second kappa shape index (κ2) is 7.59. The van der Waals surface area contributed by atoms with Crippen LogP contribution in [0, 0.1) is 11.3 Å². The molecule has 8 heteroatoms. The lowest BCUT2D eigenvalue weighted by Gasteiger charge is -2.07. The zero-order valence-corrected chi connectivity index (χ0v) is 14.0. The van der Waals surface area contributed by atoms with Crippen LogP contribution >= 0.6 is 0 Å². The maximum absolute atomic E-state index is 11.9. The van der Waals surface area contributed by atoms with Crippen LogP contribution in [0.5, 0.6) is 0 Å². The van der Waals surface area contributed by atoms with E-state index < -0.39 is 28.3 Å². The summed E-state index contributed by atoms with van der Waals surface area (Å²) in [5.74, 6) is -1.39. The molecule has 0 aliphatic carbocycles. The standard InChI is InChI=1S/C17H14N2O5S/c1-25(22,23)15-7-3-5-13(9-15)17(21)24-11-16(20)19-14-6-2-4-12(8-14)10-18/h2-9H,11H2,1H3,(H,19,20). The Balaban J connectivity index is 1.98. The summed E-state index contributed by atoms with van der Waals surface area (Å²) < 4.78 is 27.9. The van der Waals surface area contributed by atoms with E-state index in [-0.39, 0.29) is 10.5 Å². The summed E-state index contributed by atoms with van der Waals surface area (Å²) in [4.78, 5) is 23.7. The van der Waals surface area contributed by atoms with Gasteiger partial charge in [-0.1, -0.05) is 12.1 Å². The van der Waals surface area contributed by atoms with E-state index in [1.807, 2.05) is 6.07 Å². The first-order valence-corrected chi connectivity index (χ1v) is 8.96. The van der Waals surface area contributed by atoms with Crippen LogP contribution < -0.4 is 5.32 Å². The molecule has 2 rings (SSSR count). The molecular formula is C17H14N2O5S. The third-order valence-corrected chi connectivity index (χ3v) is 4.22. The Morgan fingerprint density at radius 2 is 1.88 bits per heavy atom. The van der Waals surface area contributed by atoms with Gasteiger partial charge < -0.3 is 10.1 Å². The van der Waals surface area contributed by atoms with Gasteiger partial charge in [-0.25, -0.2) is 13.2 Å². The minimum atomic E-state index is -3.45. The van der Waals surface area contributed by atoms with Gasteiger partial charge in [-0.15, -0.1) is 0 Å². The molecule has 0 saturated heterocycles. The molecule has 0 aromatic heterocycles. The van der Waals surface area contributed by atoms with Crippen molar-refractivity contribution in [1.82, 2.24) is 0 Å². The molecule has 0 radical (unpaired) electrons. The molecule has 0 spiro atoms. The fourth-order valence-corrected chi connectivity index (χ4v) is 2.60. The predicted octanol–water partition coefficient (Wildman–Crippen LogP) is 1.76. The molecular weight excluding hydrogens is 344 g/mol.